The van der Waals surface area contributed by atoms with Gasteiger partial charge in [-0.3, -0.25) is 9.59 Å². The molecule has 0 aromatic heterocycles. The first-order valence-electron chi connectivity index (χ1n) is 11.4. The molecule has 7 heteroatoms. The second-order valence-corrected chi connectivity index (χ2v) is 9.97. The summed E-state index contributed by atoms with van der Waals surface area (Å²) in [5.41, 5.74) is 0. The fourth-order valence-electron chi connectivity index (χ4n) is 2.57. The third-order valence-electron chi connectivity index (χ3n) is 5.40. The van der Waals surface area contributed by atoms with E-state index in [9.17, 15) is 9.59 Å². The average molecular weight is 473 g/mol. The van der Waals surface area contributed by atoms with Crippen molar-refractivity contribution >= 4 is 23.6 Å². The normalized spacial score (nSPS) is 12.8. The molecule has 0 aliphatic heterocycles. The van der Waals surface area contributed by atoms with Crippen LogP contribution in [-0.4, -0.2) is 37.1 Å². The highest BCUT2D eigenvalue weighted by Crippen LogP contribution is 2.30. The molecule has 0 heterocycles. The van der Waals surface area contributed by atoms with E-state index in [4.69, 9.17) is 9.47 Å². The number of carbonyl (C=O) groups excluding carboxylic acids is 2. The van der Waals surface area contributed by atoms with Gasteiger partial charge in [-0.25, -0.2) is 0 Å². The molecule has 0 unspecified atom stereocenters. The molecule has 180 valence electrons. The molecule has 0 aliphatic carbocycles. The van der Waals surface area contributed by atoms with Gasteiger partial charge in [0.1, 0.15) is 11.5 Å². The number of amides is 2. The molecule has 0 saturated carbocycles. The molecule has 0 aliphatic rings. The maximum absolute atomic E-state index is 12.0. The molecule has 2 atom stereocenters. The molecule has 2 aromatic rings. The summed E-state index contributed by atoms with van der Waals surface area (Å²) in [6.45, 7) is 12.2. The van der Waals surface area contributed by atoms with E-state index in [1.165, 1.54) is 0 Å². The molecule has 0 spiro atoms. The average Bonchev–Trinajstić information content (AvgIpc) is 2.78. The molecule has 6 nitrogen and oxygen atoms in total. The predicted octanol–water partition coefficient (Wildman–Crippen LogP) is 4.92. The van der Waals surface area contributed by atoms with Crippen LogP contribution in [0.3, 0.4) is 0 Å². The van der Waals surface area contributed by atoms with Crippen molar-refractivity contribution in [2.45, 2.75) is 63.4 Å². The van der Waals surface area contributed by atoms with Gasteiger partial charge in [0.25, 0.3) is 11.8 Å². The monoisotopic (exact) mass is 472 g/mol. The molecule has 0 bridgehead atoms. The van der Waals surface area contributed by atoms with E-state index in [0.29, 0.717) is 23.3 Å². The lowest BCUT2D eigenvalue weighted by molar-refractivity contribution is -0.124. The Morgan fingerprint density at radius 2 is 1.00 bits per heavy atom. The molecule has 2 N–H and O–H groups in total. The van der Waals surface area contributed by atoms with Gasteiger partial charge in [0.05, 0.1) is 0 Å². The van der Waals surface area contributed by atoms with Crippen molar-refractivity contribution in [1.82, 2.24) is 10.6 Å². The molecule has 0 saturated heterocycles. The van der Waals surface area contributed by atoms with Crippen molar-refractivity contribution in [1.29, 1.82) is 0 Å². The second kappa shape index (κ2) is 13.1. The molecule has 0 radical (unpaired) electrons. The van der Waals surface area contributed by atoms with Crippen molar-refractivity contribution in [2.24, 2.45) is 11.8 Å². The quantitative estimate of drug-likeness (QED) is 0.459. The summed E-state index contributed by atoms with van der Waals surface area (Å²) in [6.07, 6.45) is 0. The zero-order chi connectivity index (χ0) is 24.4. The molecule has 2 amide bonds. The number of benzene rings is 2. The van der Waals surface area contributed by atoms with Gasteiger partial charge in [0.15, 0.2) is 13.2 Å². The zero-order valence-electron chi connectivity index (χ0n) is 20.4. The Hall–Kier alpha value is -2.67. The van der Waals surface area contributed by atoms with E-state index in [1.54, 1.807) is 11.8 Å². The highest BCUT2D eigenvalue weighted by atomic mass is 32.2. The molecule has 2 rings (SSSR count). The predicted molar refractivity (Wildman–Crippen MR) is 133 cm³/mol. The minimum atomic E-state index is -0.121. The maximum Gasteiger partial charge on any atom is 0.258 e. The highest BCUT2D eigenvalue weighted by molar-refractivity contribution is 7.99. The number of nitrogens with one attached hydrogen (secondary N) is 2. The Labute approximate surface area is 201 Å². The van der Waals surface area contributed by atoms with Crippen LogP contribution in [-0.2, 0) is 9.59 Å². The standard InChI is InChI=1S/C26H36N2O4S/c1-17(2)19(5)27-25(29)15-31-21-7-11-23(12-8-21)33-24-13-9-22(10-14-24)32-16-26(30)28-20(6)18(3)4/h7-14,17-20H,15-16H2,1-6H3,(H,27,29)(H,28,30)/t19-,20+. The van der Waals surface area contributed by atoms with Crippen molar-refractivity contribution in [3.63, 3.8) is 0 Å². The minimum Gasteiger partial charge on any atom is -0.484 e. The van der Waals surface area contributed by atoms with Crippen molar-refractivity contribution in [3.8, 4) is 11.5 Å². The van der Waals surface area contributed by atoms with E-state index in [-0.39, 0.29) is 37.1 Å². The van der Waals surface area contributed by atoms with Gasteiger partial charge in [-0.1, -0.05) is 39.5 Å². The zero-order valence-corrected chi connectivity index (χ0v) is 21.2. The lowest BCUT2D eigenvalue weighted by Gasteiger charge is -2.17. The lowest BCUT2D eigenvalue weighted by Crippen LogP contribution is -2.38. The first-order chi connectivity index (χ1) is 15.6. The van der Waals surface area contributed by atoms with E-state index < -0.39 is 0 Å². The van der Waals surface area contributed by atoms with E-state index in [1.807, 2.05) is 62.4 Å². The Morgan fingerprint density at radius 1 is 0.667 bits per heavy atom. The van der Waals surface area contributed by atoms with E-state index in [0.717, 1.165) is 9.79 Å². The minimum absolute atomic E-state index is 0.000578. The summed E-state index contributed by atoms with van der Waals surface area (Å²) >= 11 is 1.61. The van der Waals surface area contributed by atoms with Gasteiger partial charge in [-0.2, -0.15) is 0 Å². The van der Waals surface area contributed by atoms with Gasteiger partial charge in [0.2, 0.25) is 0 Å². The summed E-state index contributed by atoms with van der Waals surface area (Å²) in [7, 11) is 0. The number of rotatable bonds is 12. The summed E-state index contributed by atoms with van der Waals surface area (Å²) < 4.78 is 11.2. The van der Waals surface area contributed by atoms with Crippen molar-refractivity contribution < 1.29 is 19.1 Å². The van der Waals surface area contributed by atoms with Crippen LogP contribution in [0.15, 0.2) is 58.3 Å². The van der Waals surface area contributed by atoms with Gasteiger partial charge in [0, 0.05) is 21.9 Å². The molecule has 0 fully saturated rings. The van der Waals surface area contributed by atoms with Crippen LogP contribution in [0.4, 0.5) is 0 Å². The third kappa shape index (κ3) is 9.78. The third-order valence-corrected chi connectivity index (χ3v) is 6.42. The van der Waals surface area contributed by atoms with Gasteiger partial charge >= 0.3 is 0 Å². The van der Waals surface area contributed by atoms with Crippen LogP contribution in [0.5, 0.6) is 11.5 Å². The van der Waals surface area contributed by atoms with Gasteiger partial charge in [-0.15, -0.1) is 0 Å². The number of hydrogen-bond acceptors (Lipinski definition) is 5. The smallest absolute Gasteiger partial charge is 0.258 e. The highest BCUT2D eigenvalue weighted by Gasteiger charge is 2.12. The van der Waals surface area contributed by atoms with Gasteiger partial charge < -0.3 is 20.1 Å². The molecule has 33 heavy (non-hydrogen) atoms. The Bertz CT molecular complexity index is 809. The molecule has 2 aromatic carbocycles. The Kier molecular flexibility index (Phi) is 10.6. The fraction of sp³-hybridized carbons (Fsp3) is 0.462. The van der Waals surface area contributed by atoms with Gasteiger partial charge in [-0.05, 0) is 74.2 Å². The van der Waals surface area contributed by atoms with Crippen LogP contribution in [0.25, 0.3) is 0 Å². The van der Waals surface area contributed by atoms with E-state index >= 15 is 0 Å². The molecular weight excluding hydrogens is 436 g/mol. The van der Waals surface area contributed by atoms with Crippen molar-refractivity contribution in [3.05, 3.63) is 48.5 Å². The Morgan fingerprint density at radius 3 is 1.30 bits per heavy atom. The van der Waals surface area contributed by atoms with E-state index in [2.05, 4.69) is 38.3 Å². The first kappa shape index (κ1) is 26.6. The summed E-state index contributed by atoms with van der Waals surface area (Å²) in [6, 6.07) is 15.5. The van der Waals surface area contributed by atoms with Crippen LogP contribution >= 0.6 is 11.8 Å². The maximum atomic E-state index is 12.0. The number of hydrogen-bond donors (Lipinski definition) is 2. The van der Waals surface area contributed by atoms with Crippen LogP contribution < -0.4 is 20.1 Å². The first-order valence-corrected chi connectivity index (χ1v) is 12.2. The SMILES string of the molecule is CC(C)[C@H](C)NC(=O)COc1ccc(Sc2ccc(OCC(=O)N[C@H](C)C(C)C)cc2)cc1. The largest absolute Gasteiger partial charge is 0.484 e. The van der Waals surface area contributed by atoms with Crippen LogP contribution in [0.2, 0.25) is 0 Å². The van der Waals surface area contributed by atoms with Crippen molar-refractivity contribution in [2.75, 3.05) is 13.2 Å². The summed E-state index contributed by atoms with van der Waals surface area (Å²) in [5.74, 6) is 1.82. The summed E-state index contributed by atoms with van der Waals surface area (Å²) in [5, 5.41) is 5.85. The number of carbonyl (C=O) groups is 2. The van der Waals surface area contributed by atoms with Crippen LogP contribution in [0, 0.1) is 11.8 Å². The molecular formula is C26H36N2O4S. The summed E-state index contributed by atoms with van der Waals surface area (Å²) in [4.78, 5) is 26.0. The van der Waals surface area contributed by atoms with Crippen LogP contribution in [0.1, 0.15) is 41.5 Å². The lowest BCUT2D eigenvalue weighted by atomic mass is 10.1. The fourth-order valence-corrected chi connectivity index (χ4v) is 3.38. The second-order valence-electron chi connectivity index (χ2n) is 8.82. The number of ether oxygens (including phenoxy) is 2. The Balaban J connectivity index is 1.78. The topological polar surface area (TPSA) is 76.7 Å².